The Morgan fingerprint density at radius 2 is 1.05 bits per heavy atom. The minimum Gasteiger partial charge on any atom is -0.461 e. The van der Waals surface area contributed by atoms with Gasteiger partial charge in [-0.1, -0.05) is 52.3 Å². The Labute approximate surface area is 244 Å². The molecule has 0 saturated heterocycles. The summed E-state index contributed by atoms with van der Waals surface area (Å²) in [4.78, 5) is 36.0. The number of alkyl halides is 8. The predicted molar refractivity (Wildman–Crippen MR) is 139 cm³/mol. The van der Waals surface area contributed by atoms with Crippen LogP contribution in [-0.2, 0) is 28.6 Å². The van der Waals surface area contributed by atoms with E-state index in [2.05, 4.69) is 19.7 Å². The Hall–Kier alpha value is -2.97. The maximum atomic E-state index is 15.2. The van der Waals surface area contributed by atoms with E-state index in [1.54, 1.807) is 6.92 Å². The van der Waals surface area contributed by atoms with E-state index in [0.29, 0.717) is 19.3 Å². The molecule has 0 aromatic rings. The summed E-state index contributed by atoms with van der Waals surface area (Å²) in [6.45, 7) is 8.22. The van der Waals surface area contributed by atoms with Crippen molar-refractivity contribution < 1.29 is 68.8 Å². The van der Waals surface area contributed by atoms with Crippen LogP contribution in [0.2, 0.25) is 0 Å². The lowest BCUT2D eigenvalue weighted by Gasteiger charge is -2.41. The highest BCUT2D eigenvalue weighted by atomic mass is 19.4. The molecule has 0 heterocycles. The van der Waals surface area contributed by atoms with Crippen LogP contribution in [0.25, 0.3) is 0 Å². The van der Waals surface area contributed by atoms with Crippen molar-refractivity contribution in [1.82, 2.24) is 0 Å². The second-order valence-electron chi connectivity index (χ2n) is 10.4. The fourth-order valence-corrected chi connectivity index (χ4v) is 3.50. The van der Waals surface area contributed by atoms with Crippen molar-refractivity contribution in [3.05, 3.63) is 36.5 Å². The minimum absolute atomic E-state index is 0.0305. The van der Waals surface area contributed by atoms with E-state index < -0.39 is 98.3 Å². The molecule has 0 unspecified atom stereocenters. The van der Waals surface area contributed by atoms with Crippen molar-refractivity contribution in [3.8, 4) is 0 Å². The van der Waals surface area contributed by atoms with E-state index in [-0.39, 0.29) is 17.6 Å². The summed E-state index contributed by atoms with van der Waals surface area (Å²) in [7, 11) is 0. The molecule has 248 valence electrons. The van der Waals surface area contributed by atoms with Crippen molar-refractivity contribution in [2.24, 2.45) is 5.41 Å². The van der Waals surface area contributed by atoms with Gasteiger partial charge in [-0.15, -0.1) is 0 Å². The SMILES string of the molecule is C=C(C)C(=O)OCC(COC(=O)C(=C)C)(COC(=O)C(=C)CO)CC(F)(F)C(F)(F)C(F)(F)C(F)(F)CCCCCCC. The molecule has 0 aromatic heterocycles. The van der Waals surface area contributed by atoms with Crippen molar-refractivity contribution in [2.75, 3.05) is 26.4 Å². The molecule has 0 fully saturated rings. The number of unbranched alkanes of at least 4 members (excludes halogenated alkanes) is 4. The van der Waals surface area contributed by atoms with Crippen molar-refractivity contribution in [1.29, 1.82) is 0 Å². The van der Waals surface area contributed by atoms with E-state index in [1.165, 1.54) is 0 Å². The largest absolute Gasteiger partial charge is 0.461 e. The van der Waals surface area contributed by atoms with Gasteiger partial charge < -0.3 is 19.3 Å². The molecule has 1 N–H and O–H groups in total. The maximum absolute atomic E-state index is 15.2. The molecule has 0 aliphatic carbocycles. The topological polar surface area (TPSA) is 99.1 Å². The van der Waals surface area contributed by atoms with Crippen LogP contribution in [0.5, 0.6) is 0 Å². The van der Waals surface area contributed by atoms with Crippen LogP contribution in [0.4, 0.5) is 35.1 Å². The molecule has 0 bridgehead atoms. The molecule has 43 heavy (non-hydrogen) atoms. The third kappa shape index (κ3) is 10.9. The summed E-state index contributed by atoms with van der Waals surface area (Å²) in [5.41, 5.74) is -4.24. The summed E-state index contributed by atoms with van der Waals surface area (Å²) in [6, 6.07) is 0. The number of ether oxygens (including phenoxy) is 3. The van der Waals surface area contributed by atoms with Crippen LogP contribution >= 0.6 is 0 Å². The molecular formula is C28H38F8O7. The smallest absolute Gasteiger partial charge is 0.378 e. The number of rotatable bonds is 21. The fraction of sp³-hybridized carbons (Fsp3) is 0.679. The van der Waals surface area contributed by atoms with E-state index in [1.807, 2.05) is 0 Å². The quantitative estimate of drug-likeness (QED) is 0.0498. The Bertz CT molecular complexity index is 995. The highest BCUT2D eigenvalue weighted by Gasteiger charge is 2.80. The Kier molecular flexibility index (Phi) is 15.1. The number of halogens is 8. The number of carbonyl (C=O) groups excluding carboxylic acids is 3. The van der Waals surface area contributed by atoms with Crippen LogP contribution in [0, 0.1) is 5.41 Å². The first-order valence-corrected chi connectivity index (χ1v) is 13.2. The lowest BCUT2D eigenvalue weighted by molar-refractivity contribution is -0.372. The molecule has 0 aliphatic heterocycles. The first kappa shape index (κ1) is 40.0. The van der Waals surface area contributed by atoms with Gasteiger partial charge in [0.05, 0.1) is 17.6 Å². The third-order valence-corrected chi connectivity index (χ3v) is 6.21. The Morgan fingerprint density at radius 1 is 0.651 bits per heavy atom. The van der Waals surface area contributed by atoms with Crippen LogP contribution in [-0.4, -0.2) is 73.1 Å². The number of hydrogen-bond donors (Lipinski definition) is 1. The molecule has 0 atom stereocenters. The van der Waals surface area contributed by atoms with Crippen molar-refractivity contribution in [2.45, 2.75) is 89.4 Å². The number of aliphatic hydroxyl groups excluding tert-OH is 1. The molecule has 0 radical (unpaired) electrons. The summed E-state index contributed by atoms with van der Waals surface area (Å²) in [5, 5.41) is 9.04. The third-order valence-electron chi connectivity index (χ3n) is 6.21. The number of aliphatic hydroxyl groups is 1. The molecule has 0 saturated carbocycles. The average Bonchev–Trinajstić information content (AvgIpc) is 2.91. The molecule has 0 aromatic carbocycles. The summed E-state index contributed by atoms with van der Waals surface area (Å²) in [5.74, 6) is -28.9. The maximum Gasteiger partial charge on any atom is 0.378 e. The second-order valence-corrected chi connectivity index (χ2v) is 10.4. The minimum atomic E-state index is -6.71. The molecule has 0 rings (SSSR count). The van der Waals surface area contributed by atoms with Crippen LogP contribution < -0.4 is 0 Å². The number of hydrogen-bond acceptors (Lipinski definition) is 7. The van der Waals surface area contributed by atoms with Gasteiger partial charge in [-0.25, -0.2) is 14.4 Å². The van der Waals surface area contributed by atoms with Gasteiger partial charge in [0.15, 0.2) is 0 Å². The lowest BCUT2D eigenvalue weighted by atomic mass is 9.80. The van der Waals surface area contributed by atoms with Gasteiger partial charge in [0.2, 0.25) is 0 Å². The Balaban J connectivity index is 6.65. The summed E-state index contributed by atoms with van der Waals surface area (Å²) in [6.07, 6.45) is -3.45. The standard InChI is InChI=1S/C28H38F8O7/c1-7-8-9-10-11-12-25(29,30)27(33,34)28(35,36)26(31,32)14-24(15-41-21(38)18(2)3,16-42-22(39)19(4)5)17-43-23(40)20(6)13-37/h37H,2,4,6-17H2,1,3,5H3. The summed E-state index contributed by atoms with van der Waals surface area (Å²) < 4.78 is 133. The van der Waals surface area contributed by atoms with Gasteiger partial charge in [-0.3, -0.25) is 0 Å². The van der Waals surface area contributed by atoms with Crippen molar-refractivity contribution in [3.63, 3.8) is 0 Å². The molecule has 0 spiro atoms. The zero-order valence-corrected chi connectivity index (χ0v) is 24.3. The highest BCUT2D eigenvalue weighted by molar-refractivity contribution is 5.88. The summed E-state index contributed by atoms with van der Waals surface area (Å²) >= 11 is 0. The lowest BCUT2D eigenvalue weighted by Crippen LogP contribution is -2.63. The monoisotopic (exact) mass is 638 g/mol. The van der Waals surface area contributed by atoms with E-state index >= 15 is 8.78 Å². The van der Waals surface area contributed by atoms with Gasteiger partial charge in [-0.2, -0.15) is 35.1 Å². The zero-order valence-electron chi connectivity index (χ0n) is 24.3. The first-order chi connectivity index (χ1) is 19.5. The molecule has 15 heteroatoms. The molecule has 7 nitrogen and oxygen atoms in total. The fourth-order valence-electron chi connectivity index (χ4n) is 3.50. The number of esters is 3. The van der Waals surface area contributed by atoms with E-state index in [0.717, 1.165) is 13.8 Å². The van der Waals surface area contributed by atoms with Crippen molar-refractivity contribution >= 4 is 17.9 Å². The molecule has 0 amide bonds. The predicted octanol–water partition coefficient (Wildman–Crippen LogP) is 6.59. The normalized spacial score (nSPS) is 12.8. The van der Waals surface area contributed by atoms with Crippen LogP contribution in [0.15, 0.2) is 36.5 Å². The van der Waals surface area contributed by atoms with Gasteiger partial charge in [0.1, 0.15) is 19.8 Å². The average molecular weight is 639 g/mol. The number of carbonyl (C=O) groups is 3. The van der Waals surface area contributed by atoms with Crippen LogP contribution in [0.3, 0.4) is 0 Å². The van der Waals surface area contributed by atoms with E-state index in [4.69, 9.17) is 19.3 Å². The Morgan fingerprint density at radius 3 is 1.44 bits per heavy atom. The van der Waals surface area contributed by atoms with Gasteiger partial charge in [0.25, 0.3) is 0 Å². The highest BCUT2D eigenvalue weighted by Crippen LogP contribution is 2.56. The van der Waals surface area contributed by atoms with E-state index in [9.17, 15) is 40.7 Å². The molecular weight excluding hydrogens is 600 g/mol. The van der Waals surface area contributed by atoms with Crippen LogP contribution in [0.1, 0.15) is 65.7 Å². The molecule has 0 aliphatic rings. The first-order valence-electron chi connectivity index (χ1n) is 13.2. The second kappa shape index (κ2) is 16.2. The van der Waals surface area contributed by atoms with Gasteiger partial charge in [0, 0.05) is 24.0 Å². The van der Waals surface area contributed by atoms with Gasteiger partial charge in [-0.05, 0) is 20.3 Å². The van der Waals surface area contributed by atoms with Gasteiger partial charge >= 0.3 is 41.6 Å². The zero-order chi connectivity index (χ0) is 33.9.